The number of aliphatic hydroxyl groups is 1. The Hall–Kier alpha value is -2.99. The van der Waals surface area contributed by atoms with Gasteiger partial charge in [0.05, 0.1) is 12.6 Å². The Morgan fingerprint density at radius 3 is 2.77 bits per heavy atom. The summed E-state index contributed by atoms with van der Waals surface area (Å²) in [5, 5.41) is 15.9. The first-order chi connectivity index (χ1) is 14.8. The Morgan fingerprint density at radius 2 is 2.03 bits per heavy atom. The Balaban J connectivity index is 1.62. The molecule has 0 saturated carbocycles. The van der Waals surface area contributed by atoms with Crippen LogP contribution in [0.5, 0.6) is 0 Å². The lowest BCUT2D eigenvalue weighted by Crippen LogP contribution is -2.46. The lowest BCUT2D eigenvalue weighted by Gasteiger charge is -2.24. The van der Waals surface area contributed by atoms with Gasteiger partial charge < -0.3 is 20.3 Å². The second-order valence-corrected chi connectivity index (χ2v) is 7.49. The van der Waals surface area contributed by atoms with Crippen LogP contribution in [0.2, 0.25) is 0 Å². The van der Waals surface area contributed by atoms with Gasteiger partial charge in [0.2, 0.25) is 0 Å². The predicted molar refractivity (Wildman–Crippen MR) is 110 cm³/mol. The average Bonchev–Trinajstić information content (AvgIpc) is 3.41. The number of hydrogen-bond donors (Lipinski definition) is 4. The molecule has 31 heavy (non-hydrogen) atoms. The molecule has 0 spiro atoms. The van der Waals surface area contributed by atoms with Crippen LogP contribution in [0.4, 0.5) is 24.8 Å². The minimum Gasteiger partial charge on any atom is -0.376 e. The molecule has 12 heteroatoms. The molecular formula is C19H23F3N8O. The summed E-state index contributed by atoms with van der Waals surface area (Å²) in [5.41, 5.74) is 1.36. The highest BCUT2D eigenvalue weighted by Crippen LogP contribution is 2.29. The Kier molecular flexibility index (Phi) is 5.92. The molecular weight excluding hydrogens is 413 g/mol. The largest absolute Gasteiger partial charge is 0.401 e. The van der Waals surface area contributed by atoms with Crippen molar-refractivity contribution in [3.63, 3.8) is 0 Å². The van der Waals surface area contributed by atoms with Crippen LogP contribution in [-0.4, -0.2) is 68.1 Å². The van der Waals surface area contributed by atoms with E-state index >= 15 is 0 Å². The number of hydrogen-bond acceptors (Lipinski definition) is 8. The van der Waals surface area contributed by atoms with E-state index in [1.54, 1.807) is 25.4 Å². The molecule has 1 aliphatic rings. The SMILES string of the molecule is C[C@H](Nc1cc(N2CCCC2)nc(-c2c[nH]c3ncncc23)n1)C(O)NCC(F)(F)F. The Morgan fingerprint density at radius 1 is 1.26 bits per heavy atom. The van der Waals surface area contributed by atoms with Crippen LogP contribution in [0.25, 0.3) is 22.4 Å². The zero-order chi connectivity index (χ0) is 22.0. The maximum atomic E-state index is 12.4. The zero-order valence-electron chi connectivity index (χ0n) is 16.8. The molecule has 0 aromatic carbocycles. The van der Waals surface area contributed by atoms with Crippen LogP contribution < -0.4 is 15.5 Å². The van der Waals surface area contributed by atoms with Crippen molar-refractivity contribution in [2.75, 3.05) is 29.9 Å². The minimum atomic E-state index is -4.41. The molecule has 0 amide bonds. The van der Waals surface area contributed by atoms with Crippen LogP contribution in [0.15, 0.2) is 24.8 Å². The first-order valence-corrected chi connectivity index (χ1v) is 9.96. The monoisotopic (exact) mass is 436 g/mol. The van der Waals surface area contributed by atoms with Gasteiger partial charge in [0, 0.05) is 42.5 Å². The van der Waals surface area contributed by atoms with E-state index in [9.17, 15) is 18.3 Å². The van der Waals surface area contributed by atoms with Gasteiger partial charge in [0.1, 0.15) is 29.8 Å². The maximum Gasteiger partial charge on any atom is 0.401 e. The molecule has 4 heterocycles. The number of rotatable bonds is 7. The van der Waals surface area contributed by atoms with Gasteiger partial charge in [-0.2, -0.15) is 13.2 Å². The number of aliphatic hydroxyl groups excluding tert-OH is 1. The summed E-state index contributed by atoms with van der Waals surface area (Å²) in [6, 6.07) is 1.01. The molecule has 1 unspecified atom stereocenters. The van der Waals surface area contributed by atoms with Crippen molar-refractivity contribution in [2.45, 2.75) is 38.2 Å². The van der Waals surface area contributed by atoms with Gasteiger partial charge in [0.15, 0.2) is 5.82 Å². The summed E-state index contributed by atoms with van der Waals surface area (Å²) in [6.07, 6.45) is 1.13. The summed E-state index contributed by atoms with van der Waals surface area (Å²) in [4.78, 5) is 22.7. The Labute approximate surface area is 176 Å². The van der Waals surface area contributed by atoms with Crippen molar-refractivity contribution < 1.29 is 18.3 Å². The molecule has 3 aromatic heterocycles. The minimum absolute atomic E-state index is 0.401. The molecule has 1 fully saturated rings. The van der Waals surface area contributed by atoms with Crippen LogP contribution >= 0.6 is 0 Å². The number of aromatic amines is 1. The topological polar surface area (TPSA) is 115 Å². The first kappa shape index (κ1) is 21.2. The van der Waals surface area contributed by atoms with Gasteiger partial charge in [-0.05, 0) is 19.8 Å². The second-order valence-electron chi connectivity index (χ2n) is 7.49. The van der Waals surface area contributed by atoms with Crippen LogP contribution in [0.1, 0.15) is 19.8 Å². The molecule has 1 saturated heterocycles. The lowest BCUT2D eigenvalue weighted by molar-refractivity contribution is -0.131. The van der Waals surface area contributed by atoms with Crippen molar-refractivity contribution in [1.29, 1.82) is 0 Å². The zero-order valence-corrected chi connectivity index (χ0v) is 16.8. The number of nitrogens with one attached hydrogen (secondary N) is 3. The third kappa shape index (κ3) is 5.02. The van der Waals surface area contributed by atoms with Gasteiger partial charge in [-0.1, -0.05) is 0 Å². The smallest absolute Gasteiger partial charge is 0.376 e. The molecule has 1 aliphatic heterocycles. The maximum absolute atomic E-state index is 12.4. The molecule has 0 radical (unpaired) electrons. The normalized spacial score (nSPS) is 16.6. The average molecular weight is 436 g/mol. The van der Waals surface area contributed by atoms with E-state index in [0.29, 0.717) is 28.7 Å². The highest BCUT2D eigenvalue weighted by molar-refractivity contribution is 5.91. The number of H-pyrrole nitrogens is 1. The van der Waals surface area contributed by atoms with E-state index in [1.807, 2.05) is 0 Å². The third-order valence-corrected chi connectivity index (χ3v) is 5.10. The molecule has 2 atom stereocenters. The third-order valence-electron chi connectivity index (χ3n) is 5.10. The van der Waals surface area contributed by atoms with E-state index < -0.39 is 25.0 Å². The lowest BCUT2D eigenvalue weighted by atomic mass is 10.2. The van der Waals surface area contributed by atoms with Crippen molar-refractivity contribution in [3.05, 3.63) is 24.8 Å². The molecule has 4 N–H and O–H groups in total. The number of halogens is 3. The van der Waals surface area contributed by atoms with Gasteiger partial charge in [-0.15, -0.1) is 0 Å². The molecule has 166 valence electrons. The molecule has 0 bridgehead atoms. The number of fused-ring (bicyclic) bond motifs is 1. The van der Waals surface area contributed by atoms with Crippen molar-refractivity contribution in [2.24, 2.45) is 0 Å². The summed E-state index contributed by atoms with van der Waals surface area (Å²) in [6.45, 7) is 2.00. The highest BCUT2D eigenvalue weighted by atomic mass is 19.4. The highest BCUT2D eigenvalue weighted by Gasteiger charge is 2.29. The van der Waals surface area contributed by atoms with Gasteiger partial charge in [-0.25, -0.2) is 19.9 Å². The number of alkyl halides is 3. The molecule has 9 nitrogen and oxygen atoms in total. The fraction of sp³-hybridized carbons (Fsp3) is 0.474. The predicted octanol–water partition coefficient (Wildman–Crippen LogP) is 2.29. The first-order valence-electron chi connectivity index (χ1n) is 9.96. The quantitative estimate of drug-likeness (QED) is 0.417. The van der Waals surface area contributed by atoms with Gasteiger partial charge in [-0.3, -0.25) is 5.32 Å². The Bertz CT molecular complexity index is 1030. The van der Waals surface area contributed by atoms with Gasteiger partial charge in [0.25, 0.3) is 0 Å². The number of nitrogens with zero attached hydrogens (tertiary/aromatic N) is 5. The van der Waals surface area contributed by atoms with E-state index in [0.717, 1.165) is 31.3 Å². The van der Waals surface area contributed by atoms with E-state index in [4.69, 9.17) is 4.98 Å². The molecule has 0 aliphatic carbocycles. The van der Waals surface area contributed by atoms with Crippen LogP contribution in [0, 0.1) is 0 Å². The van der Waals surface area contributed by atoms with Crippen molar-refractivity contribution in [3.8, 4) is 11.4 Å². The van der Waals surface area contributed by atoms with E-state index in [2.05, 4.69) is 35.5 Å². The second kappa shape index (κ2) is 8.63. The molecule has 3 aromatic rings. The summed E-state index contributed by atoms with van der Waals surface area (Å²) in [7, 11) is 0. The fourth-order valence-electron chi connectivity index (χ4n) is 3.49. The number of anilines is 2. The van der Waals surface area contributed by atoms with Gasteiger partial charge >= 0.3 is 6.18 Å². The van der Waals surface area contributed by atoms with Crippen molar-refractivity contribution in [1.82, 2.24) is 30.2 Å². The van der Waals surface area contributed by atoms with E-state index in [1.165, 1.54) is 6.33 Å². The fourth-order valence-corrected chi connectivity index (χ4v) is 3.49. The summed E-state index contributed by atoms with van der Waals surface area (Å²) >= 11 is 0. The van der Waals surface area contributed by atoms with Crippen molar-refractivity contribution >= 4 is 22.7 Å². The number of aromatic nitrogens is 5. The molecule has 4 rings (SSSR count). The van der Waals surface area contributed by atoms with Crippen LogP contribution in [-0.2, 0) is 0 Å². The standard InChI is InChI=1S/C19H23F3N8O/c1-11(18(31)25-9-19(20,21)22)27-14-6-15(30-4-2-3-5-30)29-17(28-14)13-8-24-16-12(13)7-23-10-26-16/h6-8,10-11,18,25,31H,2-5,9H2,1H3,(H,23,24,26)(H,27,28,29)/t11-,18?/m0/s1. The van der Waals surface area contributed by atoms with Crippen LogP contribution in [0.3, 0.4) is 0 Å². The summed E-state index contributed by atoms with van der Waals surface area (Å²) in [5.74, 6) is 1.54. The summed E-state index contributed by atoms with van der Waals surface area (Å²) < 4.78 is 37.3. The van der Waals surface area contributed by atoms with E-state index in [-0.39, 0.29) is 0 Å².